The molecule has 3 nitrogen and oxygen atoms in total. The molecule has 0 atom stereocenters. The smallest absolute Gasteiger partial charge is 0.206 e. The van der Waals surface area contributed by atoms with Crippen LogP contribution in [0.3, 0.4) is 0 Å². The molecular weight excluding hydrogens is 278 g/mol. The fraction of sp³-hybridized carbons (Fsp3) is 0.188. The molecule has 110 valence electrons. The molecule has 0 aliphatic carbocycles. The molecule has 0 heterocycles. The molecule has 0 aromatic heterocycles. The van der Waals surface area contributed by atoms with Crippen molar-refractivity contribution in [3.63, 3.8) is 0 Å². The number of halogens is 2. The second kappa shape index (κ2) is 6.83. The fourth-order valence-corrected chi connectivity index (χ4v) is 1.81. The van der Waals surface area contributed by atoms with E-state index in [1.54, 1.807) is 24.3 Å². The van der Waals surface area contributed by atoms with E-state index in [-0.39, 0.29) is 0 Å². The van der Waals surface area contributed by atoms with E-state index in [4.69, 9.17) is 9.47 Å². The standard InChI is InChI=1S/C16H14F2O3/c1-2-20-11-5-3-6-12(9-11)21-10-15(19)16-13(17)7-4-8-14(16)18/h3-9H,2,10H2,1H3. The number of rotatable bonds is 6. The molecule has 0 bridgehead atoms. The zero-order chi connectivity index (χ0) is 15.2. The van der Waals surface area contributed by atoms with Crippen molar-refractivity contribution in [2.45, 2.75) is 6.92 Å². The Morgan fingerprint density at radius 1 is 1.00 bits per heavy atom. The summed E-state index contributed by atoms with van der Waals surface area (Å²) < 4.78 is 37.5. The van der Waals surface area contributed by atoms with E-state index in [2.05, 4.69) is 0 Å². The molecule has 0 saturated heterocycles. The highest BCUT2D eigenvalue weighted by atomic mass is 19.1. The van der Waals surface area contributed by atoms with Gasteiger partial charge >= 0.3 is 0 Å². The number of hydrogen-bond acceptors (Lipinski definition) is 3. The van der Waals surface area contributed by atoms with Gasteiger partial charge < -0.3 is 9.47 Å². The number of Topliss-reactive ketones (excluding diaryl/α,β-unsaturated/α-hetero) is 1. The van der Waals surface area contributed by atoms with Crippen molar-refractivity contribution >= 4 is 5.78 Å². The molecule has 5 heteroatoms. The topological polar surface area (TPSA) is 35.5 Å². The van der Waals surface area contributed by atoms with Gasteiger partial charge in [0.05, 0.1) is 12.2 Å². The molecule has 0 saturated carbocycles. The lowest BCUT2D eigenvalue weighted by Crippen LogP contribution is -2.15. The van der Waals surface area contributed by atoms with Gasteiger partial charge in [0, 0.05) is 6.07 Å². The van der Waals surface area contributed by atoms with Gasteiger partial charge in [-0.25, -0.2) is 8.78 Å². The molecule has 0 spiro atoms. The summed E-state index contributed by atoms with van der Waals surface area (Å²) in [6.07, 6.45) is 0. The van der Waals surface area contributed by atoms with Crippen LogP contribution >= 0.6 is 0 Å². The Morgan fingerprint density at radius 3 is 2.19 bits per heavy atom. The molecule has 0 N–H and O–H groups in total. The third-order valence-electron chi connectivity index (χ3n) is 2.73. The van der Waals surface area contributed by atoms with Gasteiger partial charge in [0.2, 0.25) is 5.78 Å². The molecule has 0 amide bonds. The second-order valence-corrected chi connectivity index (χ2v) is 4.22. The maximum Gasteiger partial charge on any atom is 0.206 e. The maximum absolute atomic E-state index is 13.5. The Balaban J connectivity index is 2.06. The number of benzene rings is 2. The van der Waals surface area contributed by atoms with Crippen LogP contribution in [0.4, 0.5) is 8.78 Å². The van der Waals surface area contributed by atoms with Gasteiger partial charge in [-0.15, -0.1) is 0 Å². The summed E-state index contributed by atoms with van der Waals surface area (Å²) in [5, 5.41) is 0. The zero-order valence-corrected chi connectivity index (χ0v) is 11.4. The van der Waals surface area contributed by atoms with Crippen molar-refractivity contribution < 1.29 is 23.0 Å². The van der Waals surface area contributed by atoms with Gasteiger partial charge in [-0.2, -0.15) is 0 Å². The lowest BCUT2D eigenvalue weighted by Gasteiger charge is -2.09. The summed E-state index contributed by atoms with van der Waals surface area (Å²) in [5.74, 6) is -1.56. The van der Waals surface area contributed by atoms with Crippen LogP contribution in [0.15, 0.2) is 42.5 Å². The van der Waals surface area contributed by atoms with Crippen molar-refractivity contribution in [1.29, 1.82) is 0 Å². The molecule has 0 radical (unpaired) electrons. The summed E-state index contributed by atoms with van der Waals surface area (Å²) in [4.78, 5) is 11.8. The Bertz CT molecular complexity index is 621. The molecule has 2 rings (SSSR count). The zero-order valence-electron chi connectivity index (χ0n) is 11.4. The first-order valence-electron chi connectivity index (χ1n) is 6.44. The third kappa shape index (κ3) is 3.78. The highest BCUT2D eigenvalue weighted by Crippen LogP contribution is 2.20. The minimum Gasteiger partial charge on any atom is -0.494 e. The van der Waals surface area contributed by atoms with Crippen LogP contribution in [-0.2, 0) is 0 Å². The molecule has 0 aliphatic rings. The Labute approximate surface area is 121 Å². The fourth-order valence-electron chi connectivity index (χ4n) is 1.81. The van der Waals surface area contributed by atoms with Crippen LogP contribution in [0.2, 0.25) is 0 Å². The SMILES string of the molecule is CCOc1cccc(OCC(=O)c2c(F)cccc2F)c1. The minimum atomic E-state index is -0.897. The first-order valence-corrected chi connectivity index (χ1v) is 6.44. The molecule has 21 heavy (non-hydrogen) atoms. The van der Waals surface area contributed by atoms with Crippen LogP contribution < -0.4 is 9.47 Å². The number of ether oxygens (including phenoxy) is 2. The number of hydrogen-bond donors (Lipinski definition) is 0. The van der Waals surface area contributed by atoms with Crippen molar-refractivity contribution in [1.82, 2.24) is 0 Å². The largest absolute Gasteiger partial charge is 0.494 e. The van der Waals surface area contributed by atoms with Crippen molar-refractivity contribution in [3.8, 4) is 11.5 Å². The summed E-state index contributed by atoms with van der Waals surface area (Å²) in [5.41, 5.74) is -0.585. The van der Waals surface area contributed by atoms with E-state index >= 15 is 0 Å². The summed E-state index contributed by atoms with van der Waals surface area (Å²) in [7, 11) is 0. The van der Waals surface area contributed by atoms with E-state index in [0.717, 1.165) is 12.1 Å². The van der Waals surface area contributed by atoms with Crippen molar-refractivity contribution in [2.75, 3.05) is 13.2 Å². The average molecular weight is 292 g/mol. The van der Waals surface area contributed by atoms with Crippen LogP contribution in [0, 0.1) is 11.6 Å². The van der Waals surface area contributed by atoms with Gasteiger partial charge in [-0.05, 0) is 31.2 Å². The number of carbonyl (C=O) groups is 1. The molecule has 0 unspecified atom stereocenters. The van der Waals surface area contributed by atoms with Gasteiger partial charge in [0.15, 0.2) is 6.61 Å². The van der Waals surface area contributed by atoms with Crippen molar-refractivity contribution in [2.24, 2.45) is 0 Å². The molecule has 0 aliphatic heterocycles. The quantitative estimate of drug-likeness (QED) is 0.763. The van der Waals surface area contributed by atoms with E-state index in [1.165, 1.54) is 6.07 Å². The average Bonchev–Trinajstić information content (AvgIpc) is 2.46. The molecule has 0 fully saturated rings. The van der Waals surface area contributed by atoms with Gasteiger partial charge in [-0.1, -0.05) is 12.1 Å². The lowest BCUT2D eigenvalue weighted by atomic mass is 10.1. The highest BCUT2D eigenvalue weighted by molar-refractivity contribution is 5.97. The van der Waals surface area contributed by atoms with Crippen LogP contribution in [0.25, 0.3) is 0 Å². The first-order chi connectivity index (χ1) is 10.1. The van der Waals surface area contributed by atoms with Crippen LogP contribution in [0.1, 0.15) is 17.3 Å². The molecular formula is C16H14F2O3. The van der Waals surface area contributed by atoms with Crippen molar-refractivity contribution in [3.05, 3.63) is 59.7 Å². The van der Waals surface area contributed by atoms with E-state index in [1.807, 2.05) is 6.92 Å². The van der Waals surface area contributed by atoms with Crippen LogP contribution in [-0.4, -0.2) is 19.0 Å². The van der Waals surface area contributed by atoms with Gasteiger partial charge in [-0.3, -0.25) is 4.79 Å². The van der Waals surface area contributed by atoms with E-state index in [0.29, 0.717) is 18.1 Å². The predicted octanol–water partition coefficient (Wildman–Crippen LogP) is 3.63. The molecule has 2 aromatic carbocycles. The maximum atomic E-state index is 13.5. The Morgan fingerprint density at radius 2 is 1.57 bits per heavy atom. The van der Waals surface area contributed by atoms with E-state index in [9.17, 15) is 13.6 Å². The second-order valence-electron chi connectivity index (χ2n) is 4.22. The summed E-state index contributed by atoms with van der Waals surface area (Å²) in [6.45, 7) is 1.90. The number of ketones is 1. The molecule has 2 aromatic rings. The third-order valence-corrected chi connectivity index (χ3v) is 2.73. The monoisotopic (exact) mass is 292 g/mol. The summed E-state index contributed by atoms with van der Waals surface area (Å²) >= 11 is 0. The Kier molecular flexibility index (Phi) is 4.87. The van der Waals surface area contributed by atoms with Crippen LogP contribution in [0.5, 0.6) is 11.5 Å². The minimum absolute atomic E-state index is 0.394. The lowest BCUT2D eigenvalue weighted by molar-refractivity contribution is 0.0912. The summed E-state index contributed by atoms with van der Waals surface area (Å²) in [6, 6.07) is 9.96. The number of carbonyl (C=O) groups excluding carboxylic acids is 1. The Hall–Kier alpha value is -2.43. The van der Waals surface area contributed by atoms with Gasteiger partial charge in [0.25, 0.3) is 0 Å². The van der Waals surface area contributed by atoms with Gasteiger partial charge in [0.1, 0.15) is 23.1 Å². The predicted molar refractivity (Wildman–Crippen MR) is 73.8 cm³/mol. The highest BCUT2D eigenvalue weighted by Gasteiger charge is 2.17. The van der Waals surface area contributed by atoms with E-state index < -0.39 is 29.6 Å². The first kappa shape index (κ1) is 15.0. The normalized spacial score (nSPS) is 10.2.